The standard InChI is InChI=1S/C25H26N2O2/c1-4-20-12-9-13-21(16-20)25(29)26-17-24(28)27(22-14-7-5-10-18(22)2)23-15-8-6-11-19(23)3/h5-16H,4,17H2,1-3H3,(H,26,29). The van der Waals surface area contributed by atoms with Gasteiger partial charge < -0.3 is 5.32 Å². The fourth-order valence-corrected chi connectivity index (χ4v) is 3.30. The number of rotatable bonds is 6. The monoisotopic (exact) mass is 386 g/mol. The molecular formula is C25H26N2O2. The third-order valence-corrected chi connectivity index (χ3v) is 4.96. The number of amides is 2. The Morgan fingerprint density at radius 1 is 0.828 bits per heavy atom. The van der Waals surface area contributed by atoms with Crippen LogP contribution in [0.15, 0.2) is 72.8 Å². The lowest BCUT2D eigenvalue weighted by Crippen LogP contribution is -2.38. The minimum absolute atomic E-state index is 0.0855. The number of carbonyl (C=O) groups excluding carboxylic acids is 2. The molecule has 0 atom stereocenters. The number of nitrogens with zero attached hydrogens (tertiary/aromatic N) is 1. The van der Waals surface area contributed by atoms with Crippen molar-refractivity contribution in [1.29, 1.82) is 0 Å². The van der Waals surface area contributed by atoms with Crippen LogP contribution in [-0.4, -0.2) is 18.4 Å². The first-order valence-corrected chi connectivity index (χ1v) is 9.82. The summed E-state index contributed by atoms with van der Waals surface area (Å²) in [7, 11) is 0. The van der Waals surface area contributed by atoms with E-state index < -0.39 is 0 Å². The molecule has 3 aromatic carbocycles. The van der Waals surface area contributed by atoms with Crippen LogP contribution in [0.5, 0.6) is 0 Å². The van der Waals surface area contributed by atoms with E-state index >= 15 is 0 Å². The second-order valence-corrected chi connectivity index (χ2v) is 7.04. The molecule has 4 heteroatoms. The van der Waals surface area contributed by atoms with E-state index in [1.807, 2.05) is 87.5 Å². The lowest BCUT2D eigenvalue weighted by atomic mass is 10.1. The summed E-state index contributed by atoms with van der Waals surface area (Å²) in [5.41, 5.74) is 5.26. The van der Waals surface area contributed by atoms with E-state index in [4.69, 9.17) is 0 Å². The van der Waals surface area contributed by atoms with Gasteiger partial charge in [-0.25, -0.2) is 0 Å². The van der Waals surface area contributed by atoms with Gasteiger partial charge in [-0.1, -0.05) is 55.5 Å². The second-order valence-electron chi connectivity index (χ2n) is 7.04. The Hall–Kier alpha value is -3.40. The fourth-order valence-electron chi connectivity index (χ4n) is 3.30. The van der Waals surface area contributed by atoms with Crippen LogP contribution >= 0.6 is 0 Å². The molecule has 3 rings (SSSR count). The Bertz CT molecular complexity index is 981. The average Bonchev–Trinajstić information content (AvgIpc) is 2.75. The molecule has 0 aromatic heterocycles. The molecule has 0 saturated carbocycles. The van der Waals surface area contributed by atoms with E-state index in [2.05, 4.69) is 5.32 Å². The predicted octanol–water partition coefficient (Wildman–Crippen LogP) is 4.96. The number of para-hydroxylation sites is 2. The van der Waals surface area contributed by atoms with Crippen molar-refractivity contribution >= 4 is 23.2 Å². The van der Waals surface area contributed by atoms with Gasteiger partial charge in [0.15, 0.2) is 0 Å². The topological polar surface area (TPSA) is 49.4 Å². The van der Waals surface area contributed by atoms with Crippen molar-refractivity contribution in [3.63, 3.8) is 0 Å². The van der Waals surface area contributed by atoms with Crippen LogP contribution < -0.4 is 10.2 Å². The lowest BCUT2D eigenvalue weighted by Gasteiger charge is -2.26. The molecule has 3 aromatic rings. The summed E-state index contributed by atoms with van der Waals surface area (Å²) in [4.78, 5) is 27.5. The highest BCUT2D eigenvalue weighted by atomic mass is 16.2. The normalized spacial score (nSPS) is 10.4. The van der Waals surface area contributed by atoms with Gasteiger partial charge in [0.05, 0.1) is 17.9 Å². The molecule has 29 heavy (non-hydrogen) atoms. The van der Waals surface area contributed by atoms with Gasteiger partial charge in [0.1, 0.15) is 0 Å². The van der Waals surface area contributed by atoms with Crippen molar-refractivity contribution < 1.29 is 9.59 Å². The van der Waals surface area contributed by atoms with Gasteiger partial charge in [0.2, 0.25) is 0 Å². The zero-order valence-electron chi connectivity index (χ0n) is 17.1. The van der Waals surface area contributed by atoms with Gasteiger partial charge in [0.25, 0.3) is 11.8 Å². The molecule has 4 nitrogen and oxygen atoms in total. The molecule has 0 fully saturated rings. The predicted molar refractivity (Wildman–Crippen MR) is 118 cm³/mol. The molecule has 148 valence electrons. The molecule has 0 saturated heterocycles. The number of carbonyl (C=O) groups is 2. The molecule has 0 unspecified atom stereocenters. The van der Waals surface area contributed by atoms with Crippen molar-refractivity contribution in [2.75, 3.05) is 11.4 Å². The summed E-state index contributed by atoms with van der Waals surface area (Å²) < 4.78 is 0. The molecule has 0 aliphatic heterocycles. The molecule has 0 heterocycles. The summed E-state index contributed by atoms with van der Waals surface area (Å²) in [6.45, 7) is 5.91. The molecule has 0 aliphatic carbocycles. The Morgan fingerprint density at radius 2 is 1.41 bits per heavy atom. The van der Waals surface area contributed by atoms with E-state index in [1.165, 1.54) is 0 Å². The molecule has 0 spiro atoms. The Morgan fingerprint density at radius 3 is 1.97 bits per heavy atom. The maximum atomic E-state index is 13.2. The van der Waals surface area contributed by atoms with Gasteiger partial charge in [0, 0.05) is 5.56 Å². The highest BCUT2D eigenvalue weighted by Crippen LogP contribution is 2.30. The van der Waals surface area contributed by atoms with Crippen molar-refractivity contribution in [2.24, 2.45) is 0 Å². The van der Waals surface area contributed by atoms with Crippen molar-refractivity contribution in [1.82, 2.24) is 5.32 Å². The van der Waals surface area contributed by atoms with Crippen molar-refractivity contribution in [2.45, 2.75) is 27.2 Å². The molecular weight excluding hydrogens is 360 g/mol. The number of aryl methyl sites for hydroxylation is 3. The van der Waals surface area contributed by atoms with Gasteiger partial charge in [-0.15, -0.1) is 0 Å². The third kappa shape index (κ3) is 4.72. The van der Waals surface area contributed by atoms with Gasteiger partial charge in [-0.3, -0.25) is 14.5 Å². The van der Waals surface area contributed by atoms with E-state index in [9.17, 15) is 9.59 Å². The first-order valence-electron chi connectivity index (χ1n) is 9.82. The Kier molecular flexibility index (Phi) is 6.45. The van der Waals surface area contributed by atoms with Crippen LogP contribution in [0, 0.1) is 13.8 Å². The number of anilines is 2. The quantitative estimate of drug-likeness (QED) is 0.651. The highest BCUT2D eigenvalue weighted by Gasteiger charge is 2.21. The minimum Gasteiger partial charge on any atom is -0.343 e. The SMILES string of the molecule is CCc1cccc(C(=O)NCC(=O)N(c2ccccc2C)c2ccccc2C)c1. The lowest BCUT2D eigenvalue weighted by molar-refractivity contribution is -0.117. The van der Waals surface area contributed by atoms with Crippen molar-refractivity contribution in [3.8, 4) is 0 Å². The van der Waals surface area contributed by atoms with Crippen LogP contribution in [0.3, 0.4) is 0 Å². The van der Waals surface area contributed by atoms with E-state index in [0.29, 0.717) is 5.56 Å². The summed E-state index contributed by atoms with van der Waals surface area (Å²) >= 11 is 0. The second kappa shape index (κ2) is 9.20. The third-order valence-electron chi connectivity index (χ3n) is 4.96. The van der Waals surface area contributed by atoms with Crippen LogP contribution in [0.25, 0.3) is 0 Å². The van der Waals surface area contributed by atoms with E-state index in [1.54, 1.807) is 11.0 Å². The maximum Gasteiger partial charge on any atom is 0.251 e. The smallest absolute Gasteiger partial charge is 0.251 e. The number of benzene rings is 3. The summed E-state index contributed by atoms with van der Waals surface area (Å²) in [6, 6.07) is 23.0. The molecule has 0 radical (unpaired) electrons. The molecule has 0 bridgehead atoms. The number of nitrogens with one attached hydrogen (secondary N) is 1. The summed E-state index contributed by atoms with van der Waals surface area (Å²) in [6.07, 6.45) is 0.856. The van der Waals surface area contributed by atoms with Crippen LogP contribution in [0.1, 0.15) is 34.0 Å². The van der Waals surface area contributed by atoms with E-state index in [0.717, 1.165) is 34.5 Å². The van der Waals surface area contributed by atoms with Crippen LogP contribution in [0.4, 0.5) is 11.4 Å². The summed E-state index contributed by atoms with van der Waals surface area (Å²) in [5, 5.41) is 2.78. The molecule has 2 amide bonds. The maximum absolute atomic E-state index is 13.2. The number of hydrogen-bond acceptors (Lipinski definition) is 2. The van der Waals surface area contributed by atoms with Gasteiger partial charge in [-0.05, 0) is 61.2 Å². The first kappa shape index (κ1) is 20.3. The average molecular weight is 386 g/mol. The zero-order valence-corrected chi connectivity index (χ0v) is 17.1. The van der Waals surface area contributed by atoms with E-state index in [-0.39, 0.29) is 18.4 Å². The molecule has 1 N–H and O–H groups in total. The first-order chi connectivity index (χ1) is 14.0. The highest BCUT2D eigenvalue weighted by molar-refractivity contribution is 6.05. The van der Waals surface area contributed by atoms with Crippen LogP contribution in [-0.2, 0) is 11.2 Å². The fraction of sp³-hybridized carbons (Fsp3) is 0.200. The number of hydrogen-bond donors (Lipinski definition) is 1. The Labute approximate surface area is 172 Å². The zero-order chi connectivity index (χ0) is 20.8. The van der Waals surface area contributed by atoms with Crippen LogP contribution in [0.2, 0.25) is 0 Å². The summed E-state index contributed by atoms with van der Waals surface area (Å²) in [5.74, 6) is -0.434. The van der Waals surface area contributed by atoms with Gasteiger partial charge >= 0.3 is 0 Å². The largest absolute Gasteiger partial charge is 0.343 e. The minimum atomic E-state index is -0.247. The van der Waals surface area contributed by atoms with Gasteiger partial charge in [-0.2, -0.15) is 0 Å². The van der Waals surface area contributed by atoms with Crippen molar-refractivity contribution in [3.05, 3.63) is 95.1 Å². The molecule has 0 aliphatic rings. The Balaban J connectivity index is 1.85.